The molecule has 4 heterocycles. The molecule has 1 atom stereocenters. The number of amides is 1. The molecule has 2 aromatic heterocycles. The number of halogens is 2. The van der Waals surface area contributed by atoms with Crippen LogP contribution in [-0.4, -0.2) is 67.3 Å². The molecular formula is C21H22Cl2N4O3S3. The molecule has 1 aromatic carbocycles. The van der Waals surface area contributed by atoms with Gasteiger partial charge in [0.05, 0.1) is 14.6 Å². The van der Waals surface area contributed by atoms with Gasteiger partial charge in [-0.2, -0.15) is 4.31 Å². The van der Waals surface area contributed by atoms with Crippen molar-refractivity contribution >= 4 is 77.2 Å². The highest BCUT2D eigenvalue weighted by Crippen LogP contribution is 2.35. The van der Waals surface area contributed by atoms with Gasteiger partial charge in [-0.15, -0.1) is 11.3 Å². The number of aryl methyl sites for hydroxylation is 1. The van der Waals surface area contributed by atoms with E-state index in [4.69, 9.17) is 28.2 Å². The summed E-state index contributed by atoms with van der Waals surface area (Å²) in [6.07, 6.45) is 1.21. The van der Waals surface area contributed by atoms with E-state index in [9.17, 15) is 13.2 Å². The molecule has 7 nitrogen and oxygen atoms in total. The summed E-state index contributed by atoms with van der Waals surface area (Å²) in [7, 11) is -3.74. The Kier molecular flexibility index (Phi) is 6.34. The summed E-state index contributed by atoms with van der Waals surface area (Å²) in [6.45, 7) is 4.68. The van der Waals surface area contributed by atoms with Gasteiger partial charge < -0.3 is 9.80 Å². The Balaban J connectivity index is 1.28. The molecule has 1 unspecified atom stereocenters. The van der Waals surface area contributed by atoms with E-state index in [1.807, 2.05) is 19.1 Å². The molecule has 0 N–H and O–H groups in total. The van der Waals surface area contributed by atoms with Crippen molar-refractivity contribution in [3.8, 4) is 0 Å². The van der Waals surface area contributed by atoms with E-state index in [-0.39, 0.29) is 10.1 Å². The zero-order valence-corrected chi connectivity index (χ0v) is 21.8. The normalized spacial score (nSPS) is 20.2. The number of fused-ring (bicyclic) bond motifs is 1. The number of anilines is 1. The zero-order valence-electron chi connectivity index (χ0n) is 17.8. The highest BCUT2D eigenvalue weighted by Gasteiger charge is 2.42. The lowest BCUT2D eigenvalue weighted by atomic mass is 10.2. The maximum Gasteiger partial charge on any atom is 0.253 e. The Hall–Kier alpha value is -1.43. The second-order valence-electron chi connectivity index (χ2n) is 8.16. The highest BCUT2D eigenvalue weighted by atomic mass is 35.5. The summed E-state index contributed by atoms with van der Waals surface area (Å²) in [5.74, 6) is -0.120. The second kappa shape index (κ2) is 8.98. The number of hydrogen-bond acceptors (Lipinski definition) is 7. The van der Waals surface area contributed by atoms with Gasteiger partial charge >= 0.3 is 0 Å². The van der Waals surface area contributed by atoms with Crippen molar-refractivity contribution < 1.29 is 13.2 Å². The summed E-state index contributed by atoms with van der Waals surface area (Å²) < 4.78 is 29.2. The fourth-order valence-corrected chi connectivity index (χ4v) is 8.87. The summed E-state index contributed by atoms with van der Waals surface area (Å²) in [5, 5.41) is 1.62. The Morgan fingerprint density at radius 1 is 1.06 bits per heavy atom. The first-order valence-electron chi connectivity index (χ1n) is 10.6. The van der Waals surface area contributed by atoms with Crippen LogP contribution in [-0.2, 0) is 14.8 Å². The molecule has 12 heteroatoms. The molecular weight excluding hydrogens is 523 g/mol. The second-order valence-corrected chi connectivity index (χ2v) is 13.4. The average molecular weight is 546 g/mol. The number of piperazine rings is 1. The van der Waals surface area contributed by atoms with Crippen LogP contribution < -0.4 is 4.90 Å². The Labute approximate surface area is 210 Å². The van der Waals surface area contributed by atoms with E-state index < -0.39 is 16.1 Å². The number of hydrogen-bond donors (Lipinski definition) is 0. The number of thiazole rings is 1. The molecule has 0 radical (unpaired) electrons. The molecule has 33 heavy (non-hydrogen) atoms. The van der Waals surface area contributed by atoms with Crippen molar-refractivity contribution in [3.63, 3.8) is 0 Å². The summed E-state index contributed by atoms with van der Waals surface area (Å²) in [5.41, 5.74) is 1.89. The third-order valence-electron chi connectivity index (χ3n) is 6.20. The topological polar surface area (TPSA) is 73.8 Å². The van der Waals surface area contributed by atoms with Crippen LogP contribution in [0.5, 0.6) is 0 Å². The largest absolute Gasteiger partial charge is 0.345 e. The van der Waals surface area contributed by atoms with Crippen LogP contribution in [0.1, 0.15) is 18.4 Å². The molecule has 2 fully saturated rings. The van der Waals surface area contributed by atoms with Gasteiger partial charge in [-0.25, -0.2) is 13.4 Å². The monoisotopic (exact) mass is 544 g/mol. The van der Waals surface area contributed by atoms with E-state index in [2.05, 4.69) is 4.90 Å². The molecule has 3 aromatic rings. The lowest BCUT2D eigenvalue weighted by Gasteiger charge is -2.37. The van der Waals surface area contributed by atoms with Crippen molar-refractivity contribution in [1.29, 1.82) is 0 Å². The van der Waals surface area contributed by atoms with Crippen LogP contribution in [0.25, 0.3) is 10.2 Å². The smallest absolute Gasteiger partial charge is 0.253 e. The summed E-state index contributed by atoms with van der Waals surface area (Å²) in [4.78, 5) is 22.1. The fourth-order valence-electron chi connectivity index (χ4n) is 4.38. The van der Waals surface area contributed by atoms with Gasteiger partial charge in [-0.3, -0.25) is 4.79 Å². The standard InChI is InChI=1S/C21H22Cl2N4O3S3/c1-13-14(22)4-5-16-19(13)24-21(31-16)26-11-9-25(10-12-26)20(28)15-3-2-8-27(15)33(29,30)18-7-6-17(23)32-18/h4-7,15H,2-3,8-12H2,1H3. The first kappa shape index (κ1) is 23.3. The van der Waals surface area contributed by atoms with Gasteiger partial charge in [0.2, 0.25) is 5.91 Å². The molecule has 0 bridgehead atoms. The van der Waals surface area contributed by atoms with Gasteiger partial charge in [-0.1, -0.05) is 34.5 Å². The van der Waals surface area contributed by atoms with Gasteiger partial charge in [-0.05, 0) is 49.6 Å². The molecule has 5 rings (SSSR count). The van der Waals surface area contributed by atoms with Gasteiger partial charge in [0.15, 0.2) is 5.13 Å². The minimum absolute atomic E-state index is 0.120. The number of rotatable bonds is 4. The van der Waals surface area contributed by atoms with Crippen LogP contribution >= 0.6 is 45.9 Å². The van der Waals surface area contributed by atoms with E-state index in [1.54, 1.807) is 22.3 Å². The number of carbonyl (C=O) groups excluding carboxylic acids is 1. The predicted molar refractivity (Wildman–Crippen MR) is 134 cm³/mol. The van der Waals surface area contributed by atoms with Crippen LogP contribution in [0.3, 0.4) is 0 Å². The van der Waals surface area contributed by atoms with Gasteiger partial charge in [0.1, 0.15) is 10.3 Å². The zero-order chi connectivity index (χ0) is 23.3. The van der Waals surface area contributed by atoms with Crippen LogP contribution in [0.2, 0.25) is 9.36 Å². The lowest BCUT2D eigenvalue weighted by Crippen LogP contribution is -2.54. The maximum absolute atomic E-state index is 13.3. The maximum atomic E-state index is 13.3. The van der Waals surface area contributed by atoms with Crippen molar-refractivity contribution in [2.24, 2.45) is 0 Å². The van der Waals surface area contributed by atoms with Crippen molar-refractivity contribution in [1.82, 2.24) is 14.2 Å². The minimum Gasteiger partial charge on any atom is -0.345 e. The number of thiophene rings is 1. The minimum atomic E-state index is -3.74. The first-order valence-corrected chi connectivity index (χ1v) is 14.4. The summed E-state index contributed by atoms with van der Waals surface area (Å²) in [6, 6.07) is 6.30. The SMILES string of the molecule is Cc1c(Cl)ccc2sc(N3CCN(C(=O)C4CCCN4S(=O)(=O)c4ccc(Cl)s4)CC3)nc12. The molecule has 2 aliphatic rings. The van der Waals surface area contributed by atoms with Crippen molar-refractivity contribution in [2.45, 2.75) is 30.0 Å². The molecule has 2 aliphatic heterocycles. The lowest BCUT2D eigenvalue weighted by molar-refractivity contribution is -0.134. The van der Waals surface area contributed by atoms with Gasteiger partial charge in [0.25, 0.3) is 10.0 Å². The Bertz CT molecular complexity index is 1320. The number of sulfonamides is 1. The average Bonchev–Trinajstić information content (AvgIpc) is 3.55. The van der Waals surface area contributed by atoms with E-state index >= 15 is 0 Å². The number of benzene rings is 1. The molecule has 0 saturated carbocycles. The molecule has 0 aliphatic carbocycles. The third-order valence-corrected chi connectivity index (χ3v) is 11.3. The Morgan fingerprint density at radius 3 is 2.52 bits per heavy atom. The quantitative estimate of drug-likeness (QED) is 0.484. The van der Waals surface area contributed by atoms with E-state index in [1.165, 1.54) is 10.4 Å². The molecule has 0 spiro atoms. The number of nitrogens with zero attached hydrogens (tertiary/aromatic N) is 4. The van der Waals surface area contributed by atoms with E-state index in [0.717, 1.165) is 32.2 Å². The van der Waals surface area contributed by atoms with Gasteiger partial charge in [0, 0.05) is 37.7 Å². The van der Waals surface area contributed by atoms with Crippen molar-refractivity contribution in [3.05, 3.63) is 39.2 Å². The van der Waals surface area contributed by atoms with Crippen molar-refractivity contribution in [2.75, 3.05) is 37.6 Å². The third kappa shape index (κ3) is 4.26. The fraction of sp³-hybridized carbons (Fsp3) is 0.429. The number of carbonyl (C=O) groups is 1. The van der Waals surface area contributed by atoms with Crippen LogP contribution in [0, 0.1) is 6.92 Å². The first-order chi connectivity index (χ1) is 15.8. The molecule has 1 amide bonds. The van der Waals surface area contributed by atoms with Crippen LogP contribution in [0.15, 0.2) is 28.5 Å². The van der Waals surface area contributed by atoms with E-state index in [0.29, 0.717) is 54.9 Å². The highest BCUT2D eigenvalue weighted by molar-refractivity contribution is 7.91. The molecule has 2 saturated heterocycles. The predicted octanol–water partition coefficient (Wildman–Crippen LogP) is 4.47. The van der Waals surface area contributed by atoms with Crippen LogP contribution in [0.4, 0.5) is 5.13 Å². The number of aromatic nitrogens is 1. The Morgan fingerprint density at radius 2 is 1.82 bits per heavy atom. The molecule has 176 valence electrons. The summed E-state index contributed by atoms with van der Waals surface area (Å²) >= 11 is 14.8.